The van der Waals surface area contributed by atoms with Gasteiger partial charge in [0, 0.05) is 5.75 Å². The van der Waals surface area contributed by atoms with Crippen LogP contribution >= 0.6 is 11.8 Å². The van der Waals surface area contributed by atoms with Crippen molar-refractivity contribution in [3.63, 3.8) is 0 Å². The third-order valence-electron chi connectivity index (χ3n) is 2.60. The van der Waals surface area contributed by atoms with Crippen LogP contribution in [0.1, 0.15) is 18.3 Å². The summed E-state index contributed by atoms with van der Waals surface area (Å²) in [5.74, 6) is 1.78. The number of hydrogen-bond donors (Lipinski definition) is 0. The van der Waals surface area contributed by atoms with Crippen molar-refractivity contribution in [1.82, 2.24) is 14.8 Å². The molecule has 94 valence electrons. The number of aryl methyl sites for hydroxylation is 2. The van der Waals surface area contributed by atoms with Gasteiger partial charge in [-0.1, -0.05) is 42.1 Å². The number of nitrogens with zero attached hydrogens (tertiary/aromatic N) is 3. The van der Waals surface area contributed by atoms with Gasteiger partial charge < -0.3 is 0 Å². The lowest BCUT2D eigenvalue weighted by molar-refractivity contribution is 0.862. The van der Waals surface area contributed by atoms with Crippen molar-refractivity contribution in [3.8, 4) is 5.69 Å². The number of rotatable bonds is 4. The summed E-state index contributed by atoms with van der Waals surface area (Å²) in [6.45, 7) is 10.0. The largest absolute Gasteiger partial charge is 0.274 e. The molecule has 0 fully saturated rings. The maximum absolute atomic E-state index is 4.24. The number of thioether (sulfide) groups is 1. The van der Waals surface area contributed by atoms with E-state index >= 15 is 0 Å². The third-order valence-corrected chi connectivity index (χ3v) is 3.76. The lowest BCUT2D eigenvalue weighted by Crippen LogP contribution is -2.01. The SMILES string of the molecule is C=C(C)CSc1nnc(C)n1-c1ccccc1C. The molecule has 0 N–H and O–H groups in total. The lowest BCUT2D eigenvalue weighted by Gasteiger charge is -2.10. The van der Waals surface area contributed by atoms with E-state index in [0.717, 1.165) is 28.0 Å². The van der Waals surface area contributed by atoms with Gasteiger partial charge in [0.2, 0.25) is 0 Å². The predicted octanol–water partition coefficient (Wildman–Crippen LogP) is 3.55. The Morgan fingerprint density at radius 1 is 1.28 bits per heavy atom. The molecule has 0 saturated heterocycles. The fraction of sp³-hybridized carbons (Fsp3) is 0.286. The molecule has 2 aromatic rings. The highest BCUT2D eigenvalue weighted by molar-refractivity contribution is 7.99. The topological polar surface area (TPSA) is 30.7 Å². The Kier molecular flexibility index (Phi) is 3.87. The maximum atomic E-state index is 4.24. The molecule has 0 aliphatic rings. The van der Waals surface area contributed by atoms with Crippen LogP contribution in [0.4, 0.5) is 0 Å². The van der Waals surface area contributed by atoms with Gasteiger partial charge in [-0.05, 0) is 32.4 Å². The van der Waals surface area contributed by atoms with Gasteiger partial charge in [-0.15, -0.1) is 10.2 Å². The van der Waals surface area contributed by atoms with Crippen molar-refractivity contribution in [2.45, 2.75) is 25.9 Å². The Hall–Kier alpha value is -1.55. The number of aromatic nitrogens is 3. The Labute approximate surface area is 112 Å². The van der Waals surface area contributed by atoms with Crippen LogP contribution in [0, 0.1) is 13.8 Å². The first-order valence-electron chi connectivity index (χ1n) is 5.85. The summed E-state index contributed by atoms with van der Waals surface area (Å²) in [5, 5.41) is 9.34. The summed E-state index contributed by atoms with van der Waals surface area (Å²) in [6.07, 6.45) is 0. The standard InChI is InChI=1S/C14H17N3S/c1-10(2)9-18-14-16-15-12(4)17(14)13-8-6-5-7-11(13)3/h5-8H,1,9H2,2-4H3. The molecule has 0 saturated carbocycles. The maximum Gasteiger partial charge on any atom is 0.196 e. The van der Waals surface area contributed by atoms with Gasteiger partial charge in [0.25, 0.3) is 0 Å². The molecule has 3 nitrogen and oxygen atoms in total. The Morgan fingerprint density at radius 3 is 2.67 bits per heavy atom. The quantitative estimate of drug-likeness (QED) is 0.621. The Bertz CT molecular complexity index is 572. The van der Waals surface area contributed by atoms with E-state index in [4.69, 9.17) is 0 Å². The van der Waals surface area contributed by atoms with Crippen LogP contribution in [0.15, 0.2) is 41.6 Å². The molecule has 2 rings (SSSR count). The molecule has 0 amide bonds. The zero-order chi connectivity index (χ0) is 13.1. The molecule has 1 aromatic heterocycles. The van der Waals surface area contributed by atoms with E-state index in [1.807, 2.05) is 26.0 Å². The fourth-order valence-electron chi connectivity index (χ4n) is 1.72. The zero-order valence-corrected chi connectivity index (χ0v) is 11.8. The van der Waals surface area contributed by atoms with Crippen LogP contribution in [0.3, 0.4) is 0 Å². The molecule has 0 radical (unpaired) electrons. The lowest BCUT2D eigenvalue weighted by atomic mass is 10.2. The molecule has 0 spiro atoms. The van der Waals surface area contributed by atoms with Crippen molar-refractivity contribution >= 4 is 11.8 Å². The van der Waals surface area contributed by atoms with Crippen LogP contribution in [-0.4, -0.2) is 20.5 Å². The number of para-hydroxylation sites is 1. The zero-order valence-electron chi connectivity index (χ0n) is 11.0. The normalized spacial score (nSPS) is 10.6. The van der Waals surface area contributed by atoms with E-state index in [1.54, 1.807) is 11.8 Å². The van der Waals surface area contributed by atoms with E-state index in [2.05, 4.69) is 40.4 Å². The van der Waals surface area contributed by atoms with Crippen LogP contribution in [0.25, 0.3) is 5.69 Å². The van der Waals surface area contributed by atoms with Gasteiger partial charge in [-0.3, -0.25) is 4.57 Å². The van der Waals surface area contributed by atoms with E-state index < -0.39 is 0 Å². The second-order valence-electron chi connectivity index (χ2n) is 4.40. The van der Waals surface area contributed by atoms with Crippen molar-refractivity contribution < 1.29 is 0 Å². The molecule has 0 atom stereocenters. The molecule has 0 unspecified atom stereocenters. The Morgan fingerprint density at radius 2 is 2.00 bits per heavy atom. The summed E-state index contributed by atoms with van der Waals surface area (Å²) in [7, 11) is 0. The minimum absolute atomic E-state index is 0.865. The highest BCUT2D eigenvalue weighted by Gasteiger charge is 2.12. The minimum Gasteiger partial charge on any atom is -0.274 e. The highest BCUT2D eigenvalue weighted by Crippen LogP contribution is 2.24. The second-order valence-corrected chi connectivity index (χ2v) is 5.34. The second kappa shape index (κ2) is 5.40. The minimum atomic E-state index is 0.865. The van der Waals surface area contributed by atoms with Gasteiger partial charge >= 0.3 is 0 Å². The first-order valence-corrected chi connectivity index (χ1v) is 6.83. The van der Waals surface area contributed by atoms with Crippen LogP contribution in [0.5, 0.6) is 0 Å². The summed E-state index contributed by atoms with van der Waals surface area (Å²) in [5.41, 5.74) is 3.50. The van der Waals surface area contributed by atoms with Crippen molar-refractivity contribution in [3.05, 3.63) is 47.8 Å². The summed E-state index contributed by atoms with van der Waals surface area (Å²) in [6, 6.07) is 8.27. The van der Waals surface area contributed by atoms with Crippen molar-refractivity contribution in [2.75, 3.05) is 5.75 Å². The summed E-state index contributed by atoms with van der Waals surface area (Å²) in [4.78, 5) is 0. The predicted molar refractivity (Wildman–Crippen MR) is 76.4 cm³/mol. The van der Waals surface area contributed by atoms with Crippen LogP contribution in [0.2, 0.25) is 0 Å². The molecule has 0 bridgehead atoms. The van der Waals surface area contributed by atoms with Gasteiger partial charge in [-0.2, -0.15) is 0 Å². The molecule has 0 aliphatic heterocycles. The average molecular weight is 259 g/mol. The monoisotopic (exact) mass is 259 g/mol. The number of hydrogen-bond acceptors (Lipinski definition) is 3. The summed E-state index contributed by atoms with van der Waals surface area (Å²) >= 11 is 1.67. The van der Waals surface area contributed by atoms with E-state index in [-0.39, 0.29) is 0 Å². The highest BCUT2D eigenvalue weighted by atomic mass is 32.2. The Balaban J connectivity index is 2.41. The first kappa shape index (κ1) is 12.9. The number of benzene rings is 1. The molecule has 4 heteroatoms. The smallest absolute Gasteiger partial charge is 0.196 e. The molecule has 0 aliphatic carbocycles. The van der Waals surface area contributed by atoms with Crippen molar-refractivity contribution in [1.29, 1.82) is 0 Å². The average Bonchev–Trinajstić information content (AvgIpc) is 2.69. The first-order chi connectivity index (χ1) is 8.59. The van der Waals surface area contributed by atoms with Gasteiger partial charge in [0.05, 0.1) is 5.69 Å². The van der Waals surface area contributed by atoms with Gasteiger partial charge in [0.1, 0.15) is 5.82 Å². The van der Waals surface area contributed by atoms with E-state index in [0.29, 0.717) is 0 Å². The third kappa shape index (κ3) is 2.64. The molecule has 1 aromatic carbocycles. The molecule has 1 heterocycles. The van der Waals surface area contributed by atoms with Gasteiger partial charge in [0.15, 0.2) is 5.16 Å². The van der Waals surface area contributed by atoms with E-state index in [9.17, 15) is 0 Å². The molecule has 18 heavy (non-hydrogen) atoms. The van der Waals surface area contributed by atoms with Crippen LogP contribution < -0.4 is 0 Å². The molecular formula is C14H17N3S. The van der Waals surface area contributed by atoms with Crippen LogP contribution in [-0.2, 0) is 0 Å². The van der Waals surface area contributed by atoms with E-state index in [1.165, 1.54) is 5.56 Å². The molecular weight excluding hydrogens is 242 g/mol. The van der Waals surface area contributed by atoms with Gasteiger partial charge in [-0.25, -0.2) is 0 Å². The fourth-order valence-corrected chi connectivity index (χ4v) is 2.55. The van der Waals surface area contributed by atoms with Crippen molar-refractivity contribution in [2.24, 2.45) is 0 Å². The summed E-state index contributed by atoms with van der Waals surface area (Å²) < 4.78 is 2.10.